The number of hydrogen-bond acceptors (Lipinski definition) is 5. The smallest absolute Gasteiger partial charge is 0.339 e. The molecule has 1 aromatic heterocycles. The number of benzene rings is 1. The summed E-state index contributed by atoms with van der Waals surface area (Å²) in [5.41, 5.74) is 2.08. The van der Waals surface area contributed by atoms with E-state index in [4.69, 9.17) is 9.47 Å². The van der Waals surface area contributed by atoms with Crippen LogP contribution in [0.4, 0.5) is 11.4 Å². The van der Waals surface area contributed by atoms with Crippen molar-refractivity contribution >= 4 is 17.3 Å². The predicted molar refractivity (Wildman–Crippen MR) is 76.6 cm³/mol. The van der Waals surface area contributed by atoms with Gasteiger partial charge in [-0.05, 0) is 25.1 Å². The van der Waals surface area contributed by atoms with Gasteiger partial charge >= 0.3 is 5.97 Å². The highest BCUT2D eigenvalue weighted by Crippen LogP contribution is 2.34. The van der Waals surface area contributed by atoms with Crippen LogP contribution in [0, 0.1) is 6.92 Å². The summed E-state index contributed by atoms with van der Waals surface area (Å²) in [7, 11) is 0. The number of fused-ring (bicyclic) bond motifs is 1. The van der Waals surface area contributed by atoms with Crippen molar-refractivity contribution in [1.29, 1.82) is 0 Å². The molecule has 2 heterocycles. The topological polar surface area (TPSA) is 80.7 Å². The van der Waals surface area contributed by atoms with Crippen LogP contribution in [0.15, 0.2) is 30.5 Å². The summed E-state index contributed by atoms with van der Waals surface area (Å²) >= 11 is 0. The molecule has 0 bridgehead atoms. The van der Waals surface area contributed by atoms with E-state index in [1.165, 1.54) is 6.20 Å². The fourth-order valence-electron chi connectivity index (χ4n) is 2.11. The number of nitrogens with one attached hydrogen (secondary N) is 1. The van der Waals surface area contributed by atoms with Crippen molar-refractivity contribution in [3.8, 4) is 11.5 Å². The number of aryl methyl sites for hydroxylation is 1. The molecule has 0 saturated carbocycles. The number of aromatic nitrogens is 1. The maximum absolute atomic E-state index is 11.2. The number of anilines is 2. The Kier molecular flexibility index (Phi) is 3.35. The van der Waals surface area contributed by atoms with Gasteiger partial charge < -0.3 is 19.9 Å². The van der Waals surface area contributed by atoms with E-state index in [9.17, 15) is 9.90 Å². The first-order valence-corrected chi connectivity index (χ1v) is 6.50. The molecule has 108 valence electrons. The lowest BCUT2D eigenvalue weighted by Gasteiger charge is -2.19. The lowest BCUT2D eigenvalue weighted by Crippen LogP contribution is -2.15. The van der Waals surface area contributed by atoms with Crippen LogP contribution in [0.2, 0.25) is 0 Å². The molecule has 6 nitrogen and oxygen atoms in total. The summed E-state index contributed by atoms with van der Waals surface area (Å²) in [6, 6.07) is 7.09. The highest BCUT2D eigenvalue weighted by atomic mass is 16.6. The molecule has 0 fully saturated rings. The Hall–Kier alpha value is -2.76. The Balaban J connectivity index is 1.93. The molecule has 0 saturated heterocycles. The van der Waals surface area contributed by atoms with Gasteiger partial charge in [0.25, 0.3) is 0 Å². The fourth-order valence-corrected chi connectivity index (χ4v) is 2.11. The first-order chi connectivity index (χ1) is 10.1. The number of carboxylic acid groups (broad SMARTS) is 1. The van der Waals surface area contributed by atoms with Crippen LogP contribution in [0.1, 0.15) is 16.1 Å². The van der Waals surface area contributed by atoms with Crippen LogP contribution in [0.3, 0.4) is 0 Å². The molecular formula is C15H14N2O4. The van der Waals surface area contributed by atoms with E-state index in [2.05, 4.69) is 10.3 Å². The molecule has 2 N–H and O–H groups in total. The van der Waals surface area contributed by atoms with Crippen molar-refractivity contribution < 1.29 is 19.4 Å². The molecule has 0 spiro atoms. The minimum absolute atomic E-state index is 0.121. The number of hydrogen-bond donors (Lipinski definition) is 2. The van der Waals surface area contributed by atoms with E-state index in [0.29, 0.717) is 30.4 Å². The van der Waals surface area contributed by atoms with Gasteiger partial charge in [-0.15, -0.1) is 0 Å². The van der Waals surface area contributed by atoms with Crippen LogP contribution in [0.25, 0.3) is 0 Å². The number of aromatic carboxylic acids is 1. The number of ether oxygens (including phenoxy) is 2. The lowest BCUT2D eigenvalue weighted by atomic mass is 10.2. The van der Waals surface area contributed by atoms with Gasteiger partial charge in [0.2, 0.25) is 0 Å². The normalized spacial score (nSPS) is 12.8. The van der Waals surface area contributed by atoms with Crippen molar-refractivity contribution in [2.75, 3.05) is 18.5 Å². The van der Waals surface area contributed by atoms with Crippen molar-refractivity contribution in [3.05, 3.63) is 41.7 Å². The van der Waals surface area contributed by atoms with Crippen LogP contribution in [-0.2, 0) is 0 Å². The van der Waals surface area contributed by atoms with E-state index in [1.807, 2.05) is 6.07 Å². The van der Waals surface area contributed by atoms with Crippen molar-refractivity contribution in [2.45, 2.75) is 6.92 Å². The summed E-state index contributed by atoms with van der Waals surface area (Å²) < 4.78 is 11.0. The molecule has 0 radical (unpaired) electrons. The average Bonchev–Trinajstić information content (AvgIpc) is 2.47. The molecule has 1 aromatic carbocycles. The molecule has 1 aliphatic rings. The number of carboxylic acids is 1. The SMILES string of the molecule is Cc1cc(Nc2ccc3c(c2)OCCO3)c(C(=O)O)cn1. The zero-order valence-electron chi connectivity index (χ0n) is 11.4. The van der Waals surface area contributed by atoms with Crippen molar-refractivity contribution in [2.24, 2.45) is 0 Å². The second kappa shape index (κ2) is 5.32. The fraction of sp³-hybridized carbons (Fsp3) is 0.200. The maximum Gasteiger partial charge on any atom is 0.339 e. The van der Waals surface area contributed by atoms with E-state index < -0.39 is 5.97 Å². The van der Waals surface area contributed by atoms with Crippen molar-refractivity contribution in [3.63, 3.8) is 0 Å². The van der Waals surface area contributed by atoms with Crippen LogP contribution in [0.5, 0.6) is 11.5 Å². The molecule has 2 aromatic rings. The second-order valence-corrected chi connectivity index (χ2v) is 4.66. The zero-order valence-corrected chi connectivity index (χ0v) is 11.4. The van der Waals surface area contributed by atoms with Gasteiger partial charge in [-0.2, -0.15) is 0 Å². The molecular weight excluding hydrogens is 272 g/mol. The number of rotatable bonds is 3. The average molecular weight is 286 g/mol. The molecule has 0 aliphatic carbocycles. The van der Waals surface area contributed by atoms with E-state index in [1.54, 1.807) is 25.1 Å². The third-order valence-electron chi connectivity index (χ3n) is 3.09. The van der Waals surface area contributed by atoms with Crippen LogP contribution >= 0.6 is 0 Å². The van der Waals surface area contributed by atoms with Gasteiger partial charge in [-0.25, -0.2) is 4.79 Å². The quantitative estimate of drug-likeness (QED) is 0.902. The Morgan fingerprint density at radius 2 is 2.00 bits per heavy atom. The predicted octanol–water partition coefficient (Wildman–Crippen LogP) is 2.60. The number of carbonyl (C=O) groups is 1. The summed E-state index contributed by atoms with van der Waals surface area (Å²) in [5.74, 6) is 0.313. The van der Waals surface area contributed by atoms with Gasteiger partial charge in [0.1, 0.15) is 18.8 Å². The standard InChI is InChI=1S/C15H14N2O4/c1-9-6-12(11(8-16-9)15(18)19)17-10-2-3-13-14(7-10)21-5-4-20-13/h2-3,6-8H,4-5H2,1H3,(H,16,17)(H,18,19). The first-order valence-electron chi connectivity index (χ1n) is 6.50. The lowest BCUT2D eigenvalue weighted by molar-refractivity contribution is 0.0697. The third-order valence-corrected chi connectivity index (χ3v) is 3.09. The summed E-state index contributed by atoms with van der Waals surface area (Å²) in [5, 5.41) is 12.3. The largest absolute Gasteiger partial charge is 0.486 e. The third kappa shape index (κ3) is 2.74. The Bertz CT molecular complexity index is 700. The summed E-state index contributed by atoms with van der Waals surface area (Å²) in [6.07, 6.45) is 1.35. The van der Waals surface area contributed by atoms with Gasteiger partial charge in [0.05, 0.1) is 5.69 Å². The molecule has 3 rings (SSSR count). The van der Waals surface area contributed by atoms with E-state index >= 15 is 0 Å². The van der Waals surface area contributed by atoms with Gasteiger partial charge in [0.15, 0.2) is 11.5 Å². The highest BCUT2D eigenvalue weighted by Gasteiger charge is 2.14. The summed E-state index contributed by atoms with van der Waals surface area (Å²) in [4.78, 5) is 15.2. The minimum atomic E-state index is -1.03. The first kappa shape index (κ1) is 13.2. The van der Waals surface area contributed by atoms with Crippen LogP contribution in [-0.4, -0.2) is 29.3 Å². The molecule has 21 heavy (non-hydrogen) atoms. The minimum Gasteiger partial charge on any atom is -0.486 e. The molecule has 1 aliphatic heterocycles. The molecule has 0 amide bonds. The van der Waals surface area contributed by atoms with E-state index in [0.717, 1.165) is 11.4 Å². The van der Waals surface area contributed by atoms with Gasteiger partial charge in [-0.1, -0.05) is 0 Å². The Morgan fingerprint density at radius 1 is 1.24 bits per heavy atom. The molecule has 6 heteroatoms. The maximum atomic E-state index is 11.2. The molecule has 0 atom stereocenters. The van der Waals surface area contributed by atoms with Gasteiger partial charge in [-0.3, -0.25) is 4.98 Å². The molecule has 0 unspecified atom stereocenters. The number of nitrogens with zero attached hydrogens (tertiary/aromatic N) is 1. The number of pyridine rings is 1. The second-order valence-electron chi connectivity index (χ2n) is 4.66. The van der Waals surface area contributed by atoms with E-state index in [-0.39, 0.29) is 5.56 Å². The monoisotopic (exact) mass is 286 g/mol. The Labute approximate surface area is 121 Å². The Morgan fingerprint density at radius 3 is 2.76 bits per heavy atom. The summed E-state index contributed by atoms with van der Waals surface area (Å²) in [6.45, 7) is 2.85. The van der Waals surface area contributed by atoms with Crippen LogP contribution < -0.4 is 14.8 Å². The highest BCUT2D eigenvalue weighted by molar-refractivity contribution is 5.94. The van der Waals surface area contributed by atoms with Gasteiger partial charge in [0, 0.05) is 23.6 Å². The van der Waals surface area contributed by atoms with Crippen molar-refractivity contribution in [1.82, 2.24) is 4.98 Å². The zero-order chi connectivity index (χ0) is 14.8.